The van der Waals surface area contributed by atoms with Gasteiger partial charge in [0.25, 0.3) is 0 Å². The van der Waals surface area contributed by atoms with Crippen molar-refractivity contribution in [2.45, 2.75) is 27.0 Å². The van der Waals surface area contributed by atoms with Gasteiger partial charge >= 0.3 is 0 Å². The molecule has 3 aromatic rings. The summed E-state index contributed by atoms with van der Waals surface area (Å²) >= 11 is 18.8. The Balaban J connectivity index is 1.79. The first-order chi connectivity index (χ1) is 12.9. The summed E-state index contributed by atoms with van der Waals surface area (Å²) in [5.74, 6) is 0.633. The maximum atomic E-state index is 6.41. The second-order valence-electron chi connectivity index (χ2n) is 6.42. The van der Waals surface area contributed by atoms with Crippen molar-refractivity contribution < 1.29 is 4.74 Å². The van der Waals surface area contributed by atoms with E-state index in [2.05, 4.69) is 24.4 Å². The standard InChI is InChI=1S/C22H20Cl3NO/c1-14-6-8-16(9-7-14)13-27-22-17(10-18(23)11-20(22)25)12-26-21-5-3-4-19(24)15(21)2/h3-11,26H,12-13H2,1-2H3. The van der Waals surface area contributed by atoms with Crippen molar-refractivity contribution >= 4 is 40.5 Å². The molecule has 0 bridgehead atoms. The van der Waals surface area contributed by atoms with Crippen molar-refractivity contribution in [3.8, 4) is 5.75 Å². The molecule has 0 unspecified atom stereocenters. The minimum Gasteiger partial charge on any atom is -0.487 e. The van der Waals surface area contributed by atoms with E-state index in [9.17, 15) is 0 Å². The molecule has 3 rings (SSSR count). The van der Waals surface area contributed by atoms with Gasteiger partial charge in [0.15, 0.2) is 0 Å². The van der Waals surface area contributed by atoms with Crippen LogP contribution in [0.15, 0.2) is 54.6 Å². The van der Waals surface area contributed by atoms with Gasteiger partial charge in [0.1, 0.15) is 12.4 Å². The van der Waals surface area contributed by atoms with E-state index in [1.54, 1.807) is 6.07 Å². The fourth-order valence-corrected chi connectivity index (χ4v) is 3.50. The SMILES string of the molecule is Cc1ccc(COc2c(Cl)cc(Cl)cc2CNc2cccc(Cl)c2C)cc1. The van der Waals surface area contributed by atoms with Crippen LogP contribution >= 0.6 is 34.8 Å². The van der Waals surface area contributed by atoms with Crippen molar-refractivity contribution in [1.29, 1.82) is 0 Å². The van der Waals surface area contributed by atoms with Gasteiger partial charge < -0.3 is 10.1 Å². The molecule has 3 aromatic carbocycles. The Morgan fingerprint density at radius 2 is 1.63 bits per heavy atom. The second-order valence-corrected chi connectivity index (χ2v) is 7.67. The van der Waals surface area contributed by atoms with Crippen LogP contribution in [0.1, 0.15) is 22.3 Å². The molecule has 0 amide bonds. The Labute approximate surface area is 175 Å². The molecule has 27 heavy (non-hydrogen) atoms. The summed E-state index contributed by atoms with van der Waals surface area (Å²) in [6.07, 6.45) is 0. The normalized spacial score (nSPS) is 10.7. The second kappa shape index (κ2) is 8.88. The monoisotopic (exact) mass is 419 g/mol. The summed E-state index contributed by atoms with van der Waals surface area (Å²) in [4.78, 5) is 0. The third-order valence-corrected chi connectivity index (χ3v) is 5.23. The summed E-state index contributed by atoms with van der Waals surface area (Å²) in [5, 5.41) is 5.18. The molecule has 0 aliphatic carbocycles. The van der Waals surface area contributed by atoms with Crippen LogP contribution in [0.5, 0.6) is 5.75 Å². The van der Waals surface area contributed by atoms with Crippen molar-refractivity contribution in [2.75, 3.05) is 5.32 Å². The van der Waals surface area contributed by atoms with E-state index < -0.39 is 0 Å². The lowest BCUT2D eigenvalue weighted by molar-refractivity contribution is 0.303. The molecule has 140 valence electrons. The molecular weight excluding hydrogens is 401 g/mol. The number of aryl methyl sites for hydroxylation is 1. The minimum absolute atomic E-state index is 0.435. The van der Waals surface area contributed by atoms with Gasteiger partial charge in [0, 0.05) is 27.8 Å². The summed E-state index contributed by atoms with van der Waals surface area (Å²) in [7, 11) is 0. The molecule has 0 aliphatic rings. The Kier molecular flexibility index (Phi) is 6.54. The lowest BCUT2D eigenvalue weighted by Crippen LogP contribution is -2.05. The van der Waals surface area contributed by atoms with Crippen LogP contribution < -0.4 is 10.1 Å². The van der Waals surface area contributed by atoms with E-state index in [0.29, 0.717) is 28.9 Å². The van der Waals surface area contributed by atoms with Crippen molar-refractivity contribution in [2.24, 2.45) is 0 Å². The van der Waals surface area contributed by atoms with E-state index in [1.165, 1.54) is 5.56 Å². The lowest BCUT2D eigenvalue weighted by atomic mass is 10.1. The van der Waals surface area contributed by atoms with Crippen LogP contribution in [0.25, 0.3) is 0 Å². The summed E-state index contributed by atoms with van der Waals surface area (Å²) in [6, 6.07) is 17.6. The molecule has 0 saturated carbocycles. The molecule has 0 heterocycles. The molecule has 0 fully saturated rings. The van der Waals surface area contributed by atoms with Crippen LogP contribution in [0.2, 0.25) is 15.1 Å². The third kappa shape index (κ3) is 5.10. The number of nitrogens with one attached hydrogen (secondary N) is 1. The predicted octanol–water partition coefficient (Wildman–Crippen LogP) is 7.45. The molecule has 1 N–H and O–H groups in total. The number of hydrogen-bond acceptors (Lipinski definition) is 2. The fourth-order valence-electron chi connectivity index (χ4n) is 2.74. The van der Waals surface area contributed by atoms with E-state index in [0.717, 1.165) is 27.4 Å². The van der Waals surface area contributed by atoms with Crippen molar-refractivity contribution in [3.63, 3.8) is 0 Å². The first-order valence-electron chi connectivity index (χ1n) is 8.59. The van der Waals surface area contributed by atoms with E-state index in [1.807, 2.05) is 43.3 Å². The van der Waals surface area contributed by atoms with Crippen LogP contribution in [-0.4, -0.2) is 0 Å². The average Bonchev–Trinajstić information content (AvgIpc) is 2.63. The third-order valence-electron chi connectivity index (χ3n) is 4.33. The largest absolute Gasteiger partial charge is 0.487 e. The maximum Gasteiger partial charge on any atom is 0.143 e. The van der Waals surface area contributed by atoms with Crippen LogP contribution in [0.3, 0.4) is 0 Å². The molecule has 0 spiro atoms. The Bertz CT molecular complexity index is 939. The van der Waals surface area contributed by atoms with Gasteiger partial charge in [-0.1, -0.05) is 70.7 Å². The first-order valence-corrected chi connectivity index (χ1v) is 9.72. The first kappa shape index (κ1) is 19.9. The van der Waals surface area contributed by atoms with Gasteiger partial charge in [0.05, 0.1) is 5.02 Å². The number of anilines is 1. The van der Waals surface area contributed by atoms with E-state index >= 15 is 0 Å². The number of rotatable bonds is 6. The zero-order valence-electron chi connectivity index (χ0n) is 15.2. The summed E-state index contributed by atoms with van der Waals surface area (Å²) < 4.78 is 6.03. The molecule has 2 nitrogen and oxygen atoms in total. The number of halogens is 3. The van der Waals surface area contributed by atoms with Gasteiger partial charge in [-0.3, -0.25) is 0 Å². The Morgan fingerprint density at radius 1 is 0.889 bits per heavy atom. The van der Waals surface area contributed by atoms with Crippen LogP contribution in [-0.2, 0) is 13.2 Å². The van der Waals surface area contributed by atoms with Gasteiger partial charge in [-0.15, -0.1) is 0 Å². The smallest absolute Gasteiger partial charge is 0.143 e. The van der Waals surface area contributed by atoms with E-state index in [-0.39, 0.29) is 0 Å². The summed E-state index contributed by atoms with van der Waals surface area (Å²) in [6.45, 7) is 4.99. The molecule has 0 radical (unpaired) electrons. The lowest BCUT2D eigenvalue weighted by Gasteiger charge is -2.16. The van der Waals surface area contributed by atoms with Gasteiger partial charge in [0.2, 0.25) is 0 Å². The molecule has 0 atom stereocenters. The van der Waals surface area contributed by atoms with E-state index in [4.69, 9.17) is 39.5 Å². The minimum atomic E-state index is 0.435. The Morgan fingerprint density at radius 3 is 2.37 bits per heavy atom. The zero-order chi connectivity index (χ0) is 19.4. The van der Waals surface area contributed by atoms with Gasteiger partial charge in [-0.2, -0.15) is 0 Å². The molecule has 5 heteroatoms. The average molecular weight is 421 g/mol. The Hall–Kier alpha value is -1.87. The van der Waals surface area contributed by atoms with Gasteiger partial charge in [-0.05, 0) is 49.2 Å². The molecule has 0 saturated heterocycles. The molecule has 0 aromatic heterocycles. The molecule has 0 aliphatic heterocycles. The van der Waals surface area contributed by atoms with Gasteiger partial charge in [-0.25, -0.2) is 0 Å². The highest BCUT2D eigenvalue weighted by Crippen LogP contribution is 2.34. The van der Waals surface area contributed by atoms with Crippen molar-refractivity contribution in [1.82, 2.24) is 0 Å². The quantitative estimate of drug-likeness (QED) is 0.447. The van der Waals surface area contributed by atoms with Crippen molar-refractivity contribution in [3.05, 3.63) is 91.9 Å². The maximum absolute atomic E-state index is 6.41. The van der Waals surface area contributed by atoms with Crippen LogP contribution in [0.4, 0.5) is 5.69 Å². The number of hydrogen-bond donors (Lipinski definition) is 1. The number of benzene rings is 3. The fraction of sp³-hybridized carbons (Fsp3) is 0.182. The molecular formula is C22H20Cl3NO. The summed E-state index contributed by atoms with van der Waals surface area (Å²) in [5.41, 5.74) is 5.14. The highest BCUT2D eigenvalue weighted by atomic mass is 35.5. The predicted molar refractivity (Wildman–Crippen MR) is 115 cm³/mol. The van der Waals surface area contributed by atoms with Crippen LogP contribution in [0, 0.1) is 13.8 Å². The topological polar surface area (TPSA) is 21.3 Å². The zero-order valence-corrected chi connectivity index (χ0v) is 17.4. The highest BCUT2D eigenvalue weighted by Gasteiger charge is 2.12. The highest BCUT2D eigenvalue weighted by molar-refractivity contribution is 6.35. The number of ether oxygens (including phenoxy) is 1.